The number of hydrogen-bond donors (Lipinski definition) is 0. The molecular formula is C26H25Cl2N3O3S. The van der Waals surface area contributed by atoms with Gasteiger partial charge in [0, 0.05) is 60.7 Å². The molecule has 2 aromatic carbocycles. The third-order valence-electron chi connectivity index (χ3n) is 6.49. The van der Waals surface area contributed by atoms with E-state index in [9.17, 15) is 9.59 Å². The summed E-state index contributed by atoms with van der Waals surface area (Å²) >= 11 is 13.8. The molecule has 9 heteroatoms. The third kappa shape index (κ3) is 4.78. The molecule has 35 heavy (non-hydrogen) atoms. The van der Waals surface area contributed by atoms with Crippen LogP contribution in [0, 0.1) is 0 Å². The van der Waals surface area contributed by atoms with Gasteiger partial charge in [0.05, 0.1) is 22.2 Å². The highest BCUT2D eigenvalue weighted by molar-refractivity contribution is 7.17. The Morgan fingerprint density at radius 3 is 2.54 bits per heavy atom. The monoisotopic (exact) mass is 529 g/mol. The fourth-order valence-electron chi connectivity index (χ4n) is 4.41. The Morgan fingerprint density at radius 2 is 1.80 bits per heavy atom. The van der Waals surface area contributed by atoms with Gasteiger partial charge in [0.1, 0.15) is 5.75 Å². The maximum atomic E-state index is 13.4. The van der Waals surface area contributed by atoms with Gasteiger partial charge in [-0.2, -0.15) is 0 Å². The van der Waals surface area contributed by atoms with Gasteiger partial charge in [-0.05, 0) is 55.1 Å². The van der Waals surface area contributed by atoms with E-state index < -0.39 is 0 Å². The standard InChI is InChI=1S/C26H25Cl2N3O3S/c1-29-8-10-31(11-9-29)25(32)17-3-6-22-19(13-17)24-16(7-12-34-22)14-23(35-24)26(33)30(2)21-5-4-18(27)15-20(21)28/h3-6,13-15H,7-12H2,1-2H3. The van der Waals surface area contributed by atoms with Crippen LogP contribution in [0.2, 0.25) is 10.0 Å². The number of halogens is 2. The number of likely N-dealkylation sites (N-methyl/N-ethyl adjacent to an activating group) is 1. The van der Waals surface area contributed by atoms with Gasteiger partial charge in [-0.25, -0.2) is 0 Å². The average Bonchev–Trinajstić information content (AvgIpc) is 3.20. The topological polar surface area (TPSA) is 53.1 Å². The quantitative estimate of drug-likeness (QED) is 0.460. The van der Waals surface area contributed by atoms with Crippen LogP contribution in [-0.2, 0) is 6.42 Å². The lowest BCUT2D eigenvalue weighted by Crippen LogP contribution is -2.47. The summed E-state index contributed by atoms with van der Waals surface area (Å²) < 4.78 is 5.98. The molecule has 2 aliphatic rings. The minimum absolute atomic E-state index is 0.0247. The second kappa shape index (κ2) is 9.82. The molecule has 0 bridgehead atoms. The molecule has 0 unspecified atom stereocenters. The Morgan fingerprint density at radius 1 is 1.03 bits per heavy atom. The minimum atomic E-state index is -0.153. The summed E-state index contributed by atoms with van der Waals surface area (Å²) in [5.74, 6) is 0.602. The number of piperazine rings is 1. The van der Waals surface area contributed by atoms with Crippen LogP contribution >= 0.6 is 34.5 Å². The first-order chi connectivity index (χ1) is 16.8. The number of ether oxygens (including phenoxy) is 1. The van der Waals surface area contributed by atoms with Crippen molar-refractivity contribution in [2.45, 2.75) is 6.42 Å². The van der Waals surface area contributed by atoms with E-state index in [1.807, 2.05) is 29.2 Å². The van der Waals surface area contributed by atoms with Gasteiger partial charge in [0.2, 0.25) is 0 Å². The first-order valence-electron chi connectivity index (χ1n) is 11.4. The predicted octanol–water partition coefficient (Wildman–Crippen LogP) is 5.32. The molecule has 0 N–H and O–H groups in total. The number of carbonyl (C=O) groups is 2. The largest absolute Gasteiger partial charge is 0.493 e. The highest BCUT2D eigenvalue weighted by Gasteiger charge is 2.26. The van der Waals surface area contributed by atoms with Gasteiger partial charge in [0.25, 0.3) is 11.8 Å². The number of nitrogens with zero attached hydrogens (tertiary/aromatic N) is 3. The highest BCUT2D eigenvalue weighted by atomic mass is 35.5. The molecule has 0 radical (unpaired) electrons. The number of thiophene rings is 1. The van der Waals surface area contributed by atoms with Gasteiger partial charge in [-0.1, -0.05) is 23.2 Å². The van der Waals surface area contributed by atoms with Crippen LogP contribution in [-0.4, -0.2) is 68.5 Å². The number of fused-ring (bicyclic) bond motifs is 3. The SMILES string of the molecule is CN1CCN(C(=O)c2ccc3c(c2)-c2sc(C(=O)N(C)c4ccc(Cl)cc4Cl)cc2CCO3)CC1. The van der Waals surface area contributed by atoms with Gasteiger partial charge < -0.3 is 19.4 Å². The molecule has 182 valence electrons. The molecule has 1 aromatic heterocycles. The molecule has 1 fully saturated rings. The Hall–Kier alpha value is -2.58. The van der Waals surface area contributed by atoms with Crippen molar-refractivity contribution in [3.63, 3.8) is 0 Å². The number of anilines is 1. The van der Waals surface area contributed by atoms with E-state index in [1.54, 1.807) is 25.2 Å². The Bertz CT molecular complexity index is 1300. The molecular weight excluding hydrogens is 505 g/mol. The molecule has 2 amide bonds. The van der Waals surface area contributed by atoms with E-state index in [0.29, 0.717) is 52.3 Å². The van der Waals surface area contributed by atoms with Crippen LogP contribution in [0.4, 0.5) is 5.69 Å². The van der Waals surface area contributed by atoms with Crippen LogP contribution in [0.15, 0.2) is 42.5 Å². The Balaban J connectivity index is 1.46. The zero-order valence-electron chi connectivity index (χ0n) is 19.5. The lowest BCUT2D eigenvalue weighted by atomic mass is 10.0. The van der Waals surface area contributed by atoms with E-state index in [2.05, 4.69) is 11.9 Å². The van der Waals surface area contributed by atoms with Gasteiger partial charge in [-0.3, -0.25) is 9.59 Å². The van der Waals surface area contributed by atoms with E-state index >= 15 is 0 Å². The second-order valence-electron chi connectivity index (χ2n) is 8.83. The summed E-state index contributed by atoms with van der Waals surface area (Å²) in [6.07, 6.45) is 0.681. The zero-order valence-corrected chi connectivity index (χ0v) is 21.8. The van der Waals surface area contributed by atoms with Crippen molar-refractivity contribution < 1.29 is 14.3 Å². The lowest BCUT2D eigenvalue weighted by Gasteiger charge is -2.32. The summed E-state index contributed by atoms with van der Waals surface area (Å²) in [6.45, 7) is 3.67. The fraction of sp³-hybridized carbons (Fsp3) is 0.308. The molecule has 0 spiro atoms. The first kappa shape index (κ1) is 24.1. The number of carbonyl (C=O) groups excluding carboxylic acids is 2. The first-order valence-corrected chi connectivity index (χ1v) is 13.0. The predicted molar refractivity (Wildman–Crippen MR) is 142 cm³/mol. The van der Waals surface area contributed by atoms with Crippen LogP contribution < -0.4 is 9.64 Å². The van der Waals surface area contributed by atoms with E-state index in [-0.39, 0.29) is 11.8 Å². The van der Waals surface area contributed by atoms with Gasteiger partial charge >= 0.3 is 0 Å². The van der Waals surface area contributed by atoms with Crippen LogP contribution in [0.25, 0.3) is 10.4 Å². The van der Waals surface area contributed by atoms with Crippen molar-refractivity contribution >= 4 is 52.0 Å². The van der Waals surface area contributed by atoms with Crippen LogP contribution in [0.1, 0.15) is 25.6 Å². The van der Waals surface area contributed by atoms with E-state index in [0.717, 1.165) is 34.8 Å². The smallest absolute Gasteiger partial charge is 0.268 e. The molecule has 0 atom stereocenters. The molecule has 3 heterocycles. The normalized spacial score (nSPS) is 15.6. The van der Waals surface area contributed by atoms with Gasteiger partial charge in [-0.15, -0.1) is 11.3 Å². The van der Waals surface area contributed by atoms with Crippen LogP contribution in [0.3, 0.4) is 0 Å². The molecule has 0 saturated carbocycles. The van der Waals surface area contributed by atoms with Crippen LogP contribution in [0.5, 0.6) is 5.75 Å². The fourth-order valence-corrected chi connectivity index (χ4v) is 6.15. The second-order valence-corrected chi connectivity index (χ2v) is 10.7. The summed E-state index contributed by atoms with van der Waals surface area (Å²) in [4.78, 5) is 33.8. The lowest BCUT2D eigenvalue weighted by molar-refractivity contribution is 0.0664. The summed E-state index contributed by atoms with van der Waals surface area (Å²) in [5, 5.41) is 0.929. The van der Waals surface area contributed by atoms with Crippen molar-refractivity contribution in [2.75, 3.05) is 51.8 Å². The molecule has 3 aromatic rings. The van der Waals surface area contributed by atoms with Gasteiger partial charge in [0.15, 0.2) is 0 Å². The zero-order chi connectivity index (χ0) is 24.7. The number of rotatable bonds is 3. The van der Waals surface area contributed by atoms with Crippen molar-refractivity contribution in [2.24, 2.45) is 0 Å². The number of amides is 2. The molecule has 1 saturated heterocycles. The minimum Gasteiger partial charge on any atom is -0.493 e. The van der Waals surface area contributed by atoms with Crippen molar-refractivity contribution in [3.05, 3.63) is 68.5 Å². The third-order valence-corrected chi connectivity index (χ3v) is 8.22. The molecule has 5 rings (SSSR count). The molecule has 0 aliphatic carbocycles. The van der Waals surface area contributed by atoms with E-state index in [1.165, 1.54) is 16.2 Å². The molecule has 6 nitrogen and oxygen atoms in total. The summed E-state index contributed by atoms with van der Waals surface area (Å²) in [5.41, 5.74) is 3.12. The average molecular weight is 530 g/mol. The van der Waals surface area contributed by atoms with Crippen molar-refractivity contribution in [1.82, 2.24) is 9.80 Å². The Kier molecular flexibility index (Phi) is 6.77. The maximum Gasteiger partial charge on any atom is 0.268 e. The summed E-state index contributed by atoms with van der Waals surface area (Å²) in [7, 11) is 3.77. The van der Waals surface area contributed by atoms with Crippen molar-refractivity contribution in [1.29, 1.82) is 0 Å². The maximum absolute atomic E-state index is 13.4. The molecule has 2 aliphatic heterocycles. The van der Waals surface area contributed by atoms with Crippen molar-refractivity contribution in [3.8, 4) is 16.2 Å². The van der Waals surface area contributed by atoms with E-state index in [4.69, 9.17) is 27.9 Å². The highest BCUT2D eigenvalue weighted by Crippen LogP contribution is 2.42. The summed E-state index contributed by atoms with van der Waals surface area (Å²) in [6, 6.07) is 12.6. The number of benzene rings is 2. The Labute approximate surface area is 218 Å². The number of hydrogen-bond acceptors (Lipinski definition) is 5.